The monoisotopic (exact) mass is 332 g/mol. The number of hydrogen-bond acceptors (Lipinski definition) is 5. The summed E-state index contributed by atoms with van der Waals surface area (Å²) in [7, 11) is 1.54. The van der Waals surface area contributed by atoms with E-state index in [9.17, 15) is 4.79 Å². The minimum atomic E-state index is -0.397. The van der Waals surface area contributed by atoms with Crippen molar-refractivity contribution >= 4 is 23.7 Å². The lowest BCUT2D eigenvalue weighted by Crippen LogP contribution is -2.18. The van der Waals surface area contributed by atoms with E-state index in [-0.39, 0.29) is 6.79 Å². The van der Waals surface area contributed by atoms with Gasteiger partial charge < -0.3 is 14.2 Å². The highest BCUT2D eigenvalue weighted by Crippen LogP contribution is 2.37. The topological polar surface area (TPSA) is 69.2 Å². The van der Waals surface area contributed by atoms with E-state index >= 15 is 0 Å². The van der Waals surface area contributed by atoms with Gasteiger partial charge in [0.25, 0.3) is 5.91 Å². The number of carbonyl (C=O) groups excluding carboxylic acids is 1. The number of amides is 1. The maximum Gasteiger partial charge on any atom is 0.272 e. The molecular weight excluding hydrogens is 320 g/mol. The molecule has 2 aromatic rings. The molecule has 1 N–H and O–H groups in total. The second-order valence-corrected chi connectivity index (χ2v) is 5.03. The van der Waals surface area contributed by atoms with Gasteiger partial charge in [-0.15, -0.1) is 0 Å². The lowest BCUT2D eigenvalue weighted by molar-refractivity contribution is 0.0955. The Balaban J connectivity index is 1.76. The predicted molar refractivity (Wildman–Crippen MR) is 85.6 cm³/mol. The van der Waals surface area contributed by atoms with Crippen molar-refractivity contribution in [3.63, 3.8) is 0 Å². The van der Waals surface area contributed by atoms with Gasteiger partial charge in [-0.3, -0.25) is 4.79 Å². The molecule has 0 saturated carbocycles. The number of ether oxygens (including phenoxy) is 3. The van der Waals surface area contributed by atoms with Crippen LogP contribution in [-0.2, 0) is 0 Å². The van der Waals surface area contributed by atoms with Crippen LogP contribution < -0.4 is 19.6 Å². The quantitative estimate of drug-likeness (QED) is 0.690. The summed E-state index contributed by atoms with van der Waals surface area (Å²) in [6.07, 6.45) is 1.47. The molecule has 6 nitrogen and oxygen atoms in total. The Morgan fingerprint density at radius 2 is 2.04 bits per heavy atom. The molecule has 1 aliphatic heterocycles. The van der Waals surface area contributed by atoms with Gasteiger partial charge >= 0.3 is 0 Å². The lowest BCUT2D eigenvalue weighted by Gasteiger charge is -2.06. The van der Waals surface area contributed by atoms with Crippen LogP contribution in [0.2, 0.25) is 5.02 Å². The minimum Gasteiger partial charge on any atom is -0.496 e. The predicted octanol–water partition coefficient (Wildman–Crippen LogP) is 2.84. The van der Waals surface area contributed by atoms with E-state index in [0.29, 0.717) is 33.4 Å². The Kier molecular flexibility index (Phi) is 4.34. The SMILES string of the molecule is COc1cc2c(cc1/C=N/NC(=O)c1ccccc1Cl)OCO2. The average molecular weight is 333 g/mol. The summed E-state index contributed by atoms with van der Waals surface area (Å²) in [5.74, 6) is 1.38. The van der Waals surface area contributed by atoms with Crippen LogP contribution in [-0.4, -0.2) is 26.0 Å². The number of rotatable bonds is 4. The van der Waals surface area contributed by atoms with Crippen molar-refractivity contribution < 1.29 is 19.0 Å². The van der Waals surface area contributed by atoms with Crippen LogP contribution in [0.15, 0.2) is 41.5 Å². The van der Waals surface area contributed by atoms with Gasteiger partial charge in [-0.05, 0) is 18.2 Å². The first-order chi connectivity index (χ1) is 11.2. The molecule has 0 unspecified atom stereocenters. The molecule has 0 spiro atoms. The van der Waals surface area contributed by atoms with Crippen molar-refractivity contribution in [2.24, 2.45) is 5.10 Å². The third-order valence-electron chi connectivity index (χ3n) is 3.21. The largest absolute Gasteiger partial charge is 0.496 e. The van der Waals surface area contributed by atoms with E-state index in [0.717, 1.165) is 0 Å². The Labute approximate surface area is 137 Å². The zero-order chi connectivity index (χ0) is 16.2. The van der Waals surface area contributed by atoms with Gasteiger partial charge in [-0.25, -0.2) is 5.43 Å². The molecule has 0 aliphatic carbocycles. The summed E-state index contributed by atoms with van der Waals surface area (Å²) in [6.45, 7) is 0.169. The highest BCUT2D eigenvalue weighted by Gasteiger charge is 2.17. The highest BCUT2D eigenvalue weighted by molar-refractivity contribution is 6.33. The zero-order valence-corrected chi connectivity index (χ0v) is 13.0. The summed E-state index contributed by atoms with van der Waals surface area (Å²) in [5.41, 5.74) is 3.43. The van der Waals surface area contributed by atoms with Crippen LogP contribution in [0.3, 0.4) is 0 Å². The number of benzene rings is 2. The van der Waals surface area contributed by atoms with E-state index in [1.165, 1.54) is 13.3 Å². The van der Waals surface area contributed by atoms with Crippen LogP contribution in [0, 0.1) is 0 Å². The Bertz CT molecular complexity index is 777. The maximum atomic E-state index is 12.0. The van der Waals surface area contributed by atoms with E-state index < -0.39 is 5.91 Å². The number of halogens is 1. The average Bonchev–Trinajstić information content (AvgIpc) is 3.01. The minimum absolute atomic E-state index is 0.169. The first-order valence-corrected chi connectivity index (χ1v) is 7.12. The Hall–Kier alpha value is -2.73. The number of nitrogens with zero attached hydrogens (tertiary/aromatic N) is 1. The smallest absolute Gasteiger partial charge is 0.272 e. The second kappa shape index (κ2) is 6.58. The molecule has 23 heavy (non-hydrogen) atoms. The molecule has 3 rings (SSSR count). The van der Waals surface area contributed by atoms with Gasteiger partial charge in [0, 0.05) is 11.6 Å². The number of hydrazone groups is 1. The molecule has 0 bridgehead atoms. The lowest BCUT2D eigenvalue weighted by atomic mass is 10.2. The van der Waals surface area contributed by atoms with E-state index in [1.807, 2.05) is 0 Å². The third-order valence-corrected chi connectivity index (χ3v) is 3.54. The summed E-state index contributed by atoms with van der Waals surface area (Å²) < 4.78 is 15.9. The van der Waals surface area contributed by atoms with Crippen LogP contribution in [0.5, 0.6) is 17.2 Å². The third kappa shape index (κ3) is 3.22. The Morgan fingerprint density at radius 1 is 1.30 bits per heavy atom. The Morgan fingerprint density at radius 3 is 2.78 bits per heavy atom. The zero-order valence-electron chi connectivity index (χ0n) is 12.2. The fraction of sp³-hybridized carbons (Fsp3) is 0.125. The van der Waals surface area contributed by atoms with Crippen molar-refractivity contribution in [3.05, 3.63) is 52.5 Å². The first kappa shape index (κ1) is 15.2. The van der Waals surface area contributed by atoms with Gasteiger partial charge in [-0.1, -0.05) is 23.7 Å². The van der Waals surface area contributed by atoms with Crippen molar-refractivity contribution in [3.8, 4) is 17.2 Å². The molecule has 0 saturated heterocycles. The summed E-state index contributed by atoms with van der Waals surface area (Å²) in [6, 6.07) is 10.2. The number of hydrogen-bond donors (Lipinski definition) is 1. The fourth-order valence-corrected chi connectivity index (χ4v) is 2.30. The molecule has 0 radical (unpaired) electrons. The number of carbonyl (C=O) groups is 1. The number of methoxy groups -OCH3 is 1. The van der Waals surface area contributed by atoms with Crippen LogP contribution in [0.4, 0.5) is 0 Å². The van der Waals surface area contributed by atoms with Crippen molar-refractivity contribution in [1.29, 1.82) is 0 Å². The molecule has 0 fully saturated rings. The molecule has 0 atom stereocenters. The van der Waals surface area contributed by atoms with Crippen molar-refractivity contribution in [2.45, 2.75) is 0 Å². The first-order valence-electron chi connectivity index (χ1n) is 6.74. The van der Waals surface area contributed by atoms with E-state index in [4.69, 9.17) is 25.8 Å². The van der Waals surface area contributed by atoms with Crippen LogP contribution in [0.25, 0.3) is 0 Å². The number of nitrogens with one attached hydrogen (secondary N) is 1. The van der Waals surface area contributed by atoms with Crippen molar-refractivity contribution in [1.82, 2.24) is 5.43 Å². The van der Waals surface area contributed by atoms with Crippen molar-refractivity contribution in [2.75, 3.05) is 13.9 Å². The van der Waals surface area contributed by atoms with Crippen LogP contribution >= 0.6 is 11.6 Å². The van der Waals surface area contributed by atoms with E-state index in [2.05, 4.69) is 10.5 Å². The van der Waals surface area contributed by atoms with Gasteiger partial charge in [0.1, 0.15) is 5.75 Å². The highest BCUT2D eigenvalue weighted by atomic mass is 35.5. The van der Waals surface area contributed by atoms with Gasteiger partial charge in [-0.2, -0.15) is 5.10 Å². The maximum absolute atomic E-state index is 12.0. The van der Waals surface area contributed by atoms with Crippen LogP contribution in [0.1, 0.15) is 15.9 Å². The molecule has 1 aliphatic rings. The summed E-state index contributed by atoms with van der Waals surface area (Å²) >= 11 is 5.96. The van der Waals surface area contributed by atoms with Gasteiger partial charge in [0.15, 0.2) is 11.5 Å². The molecule has 118 valence electrons. The summed E-state index contributed by atoms with van der Waals surface area (Å²) in [4.78, 5) is 12.0. The standard InChI is InChI=1S/C16H13ClN2O4/c1-21-13-7-15-14(22-9-23-15)6-10(13)8-18-19-16(20)11-4-2-3-5-12(11)17/h2-8H,9H2,1H3,(H,19,20)/b18-8+. The van der Waals surface area contributed by atoms with Gasteiger partial charge in [0.05, 0.1) is 23.9 Å². The molecular formula is C16H13ClN2O4. The number of fused-ring (bicyclic) bond motifs is 1. The van der Waals surface area contributed by atoms with Gasteiger partial charge in [0.2, 0.25) is 6.79 Å². The molecule has 2 aromatic carbocycles. The normalized spacial score (nSPS) is 12.4. The summed E-state index contributed by atoms with van der Waals surface area (Å²) in [5, 5.41) is 4.30. The van der Waals surface area contributed by atoms with E-state index in [1.54, 1.807) is 36.4 Å². The molecule has 1 amide bonds. The fourth-order valence-electron chi connectivity index (χ4n) is 2.08. The molecule has 0 aromatic heterocycles. The second-order valence-electron chi connectivity index (χ2n) is 4.63. The molecule has 7 heteroatoms. The molecule has 1 heterocycles.